The molecule has 4 N–H and O–H groups in total. The van der Waals surface area contributed by atoms with Crippen LogP contribution in [0.3, 0.4) is 0 Å². The summed E-state index contributed by atoms with van der Waals surface area (Å²) in [4.78, 5) is 41.3. The highest BCUT2D eigenvalue weighted by Gasteiger charge is 2.38. The Morgan fingerprint density at radius 3 is 2.54 bits per heavy atom. The van der Waals surface area contributed by atoms with Gasteiger partial charge in [-0.3, -0.25) is 14.8 Å². The summed E-state index contributed by atoms with van der Waals surface area (Å²) in [5.41, 5.74) is 4.92. The van der Waals surface area contributed by atoms with Gasteiger partial charge in [-0.2, -0.15) is 0 Å². The fourth-order valence-corrected chi connectivity index (χ4v) is 3.06. The Morgan fingerprint density at radius 2 is 1.89 bits per heavy atom. The molecule has 10 heteroatoms. The van der Waals surface area contributed by atoms with Gasteiger partial charge >= 0.3 is 11.7 Å². The summed E-state index contributed by atoms with van der Waals surface area (Å²) in [5.74, 6) is -1.26. The molecule has 28 heavy (non-hydrogen) atoms. The van der Waals surface area contributed by atoms with E-state index in [1.807, 2.05) is 0 Å². The molecule has 2 heterocycles. The first-order valence-electron chi connectivity index (χ1n) is 8.34. The van der Waals surface area contributed by atoms with E-state index in [-0.39, 0.29) is 29.5 Å². The lowest BCUT2D eigenvalue weighted by atomic mass is 9.84. The zero-order chi connectivity index (χ0) is 20.4. The van der Waals surface area contributed by atoms with Crippen LogP contribution in [0.5, 0.6) is 17.4 Å². The van der Waals surface area contributed by atoms with E-state index in [1.165, 1.54) is 14.2 Å². The highest BCUT2D eigenvalue weighted by Crippen LogP contribution is 2.41. The Morgan fingerprint density at radius 1 is 1.18 bits per heavy atom. The Labute approximate surface area is 158 Å². The molecule has 0 bridgehead atoms. The van der Waals surface area contributed by atoms with Crippen molar-refractivity contribution in [2.45, 2.75) is 12.8 Å². The van der Waals surface area contributed by atoms with Crippen molar-refractivity contribution in [2.24, 2.45) is 5.73 Å². The number of methoxy groups -OCH3 is 2. The zero-order valence-electron chi connectivity index (χ0n) is 15.5. The molecule has 0 unspecified atom stereocenters. The van der Waals surface area contributed by atoms with Crippen LogP contribution < -0.4 is 31.2 Å². The minimum absolute atomic E-state index is 0.0177. The van der Waals surface area contributed by atoms with Crippen molar-refractivity contribution in [3.8, 4) is 17.4 Å². The summed E-state index contributed by atoms with van der Waals surface area (Å²) in [6, 6.07) is 4.88. The van der Waals surface area contributed by atoms with Gasteiger partial charge in [0.25, 0.3) is 5.56 Å². The van der Waals surface area contributed by atoms with E-state index in [9.17, 15) is 14.4 Å². The van der Waals surface area contributed by atoms with Gasteiger partial charge in [0.2, 0.25) is 11.8 Å². The lowest BCUT2D eigenvalue weighted by Gasteiger charge is -2.27. The number of esters is 1. The van der Waals surface area contributed by atoms with Crippen LogP contribution in [0.4, 0.5) is 0 Å². The number of aromatic amines is 2. The lowest BCUT2D eigenvalue weighted by Crippen LogP contribution is -2.35. The van der Waals surface area contributed by atoms with Gasteiger partial charge in [-0.1, -0.05) is 6.07 Å². The number of fused-ring (bicyclic) bond motifs is 1. The van der Waals surface area contributed by atoms with Crippen molar-refractivity contribution in [3.05, 3.63) is 61.6 Å². The van der Waals surface area contributed by atoms with Crippen LogP contribution in [0, 0.1) is 0 Å². The topological polar surface area (TPSA) is 146 Å². The largest absolute Gasteiger partial charge is 0.493 e. The Hall–Kier alpha value is -3.69. The van der Waals surface area contributed by atoms with E-state index >= 15 is 0 Å². The molecule has 1 atom stereocenters. The second kappa shape index (κ2) is 7.51. The van der Waals surface area contributed by atoms with Crippen LogP contribution in [-0.4, -0.2) is 36.8 Å². The van der Waals surface area contributed by atoms with Crippen LogP contribution in [0.15, 0.2) is 39.2 Å². The normalized spacial score (nSPS) is 15.5. The highest BCUT2D eigenvalue weighted by atomic mass is 16.5. The molecule has 1 aromatic carbocycles. The minimum atomic E-state index is -0.955. The molecule has 148 valence electrons. The monoisotopic (exact) mass is 389 g/mol. The summed E-state index contributed by atoms with van der Waals surface area (Å²) in [6.45, 7) is 1.74. The molecular weight excluding hydrogens is 370 g/mol. The van der Waals surface area contributed by atoms with Crippen molar-refractivity contribution in [3.63, 3.8) is 0 Å². The summed E-state index contributed by atoms with van der Waals surface area (Å²) in [7, 11) is 2.94. The predicted octanol–water partition coefficient (Wildman–Crippen LogP) is 0.338. The Balaban J connectivity index is 2.29. The Bertz CT molecular complexity index is 1070. The molecule has 1 aliphatic heterocycles. The SMILES string of the molecule is CCOC(=O)C1=C(N)Oc2[nH]c(=O)[nH]c(=O)c2[C@H]1c1ccc(OC)c(OC)c1. The number of carbonyl (C=O) groups excluding carboxylic acids is 1. The third-order valence-corrected chi connectivity index (χ3v) is 4.23. The zero-order valence-corrected chi connectivity index (χ0v) is 15.5. The molecule has 1 aromatic heterocycles. The van der Waals surface area contributed by atoms with Crippen molar-refractivity contribution >= 4 is 5.97 Å². The van der Waals surface area contributed by atoms with Gasteiger partial charge in [0.15, 0.2) is 11.5 Å². The first-order chi connectivity index (χ1) is 13.4. The first-order valence-corrected chi connectivity index (χ1v) is 8.34. The number of H-pyrrole nitrogens is 2. The van der Waals surface area contributed by atoms with E-state index in [4.69, 9.17) is 24.7 Å². The molecule has 0 spiro atoms. The molecule has 1 aliphatic rings. The molecule has 2 aromatic rings. The quantitative estimate of drug-likeness (QED) is 0.621. The van der Waals surface area contributed by atoms with E-state index < -0.39 is 23.1 Å². The van der Waals surface area contributed by atoms with Crippen molar-refractivity contribution in [1.82, 2.24) is 9.97 Å². The second-order valence-electron chi connectivity index (χ2n) is 5.80. The molecule has 0 fully saturated rings. The number of hydrogen-bond acceptors (Lipinski definition) is 8. The number of carbonyl (C=O) groups is 1. The molecular formula is C18H19N3O7. The highest BCUT2D eigenvalue weighted by molar-refractivity contribution is 5.92. The van der Waals surface area contributed by atoms with E-state index in [1.54, 1.807) is 25.1 Å². The number of benzene rings is 1. The second-order valence-corrected chi connectivity index (χ2v) is 5.80. The molecule has 3 rings (SSSR count). The van der Waals surface area contributed by atoms with Gasteiger partial charge in [0.05, 0.1) is 32.3 Å². The summed E-state index contributed by atoms with van der Waals surface area (Å²) < 4.78 is 21.0. The molecule has 0 radical (unpaired) electrons. The van der Waals surface area contributed by atoms with E-state index in [2.05, 4.69) is 9.97 Å². The van der Waals surface area contributed by atoms with Crippen LogP contribution in [-0.2, 0) is 9.53 Å². The standard InChI is InChI=1S/C18H19N3O7/c1-4-27-17(23)12-11(8-5-6-9(25-2)10(7-8)26-3)13-15(22)20-18(24)21-16(13)28-14(12)19/h5-7,11H,4,19H2,1-3H3,(H2,20,21,22,24)/t11-/m0/s1. The maximum absolute atomic E-state index is 12.6. The third-order valence-electron chi connectivity index (χ3n) is 4.23. The summed E-state index contributed by atoms with van der Waals surface area (Å²) in [5, 5.41) is 0. The van der Waals surface area contributed by atoms with Crippen LogP contribution in [0.1, 0.15) is 24.0 Å². The van der Waals surface area contributed by atoms with Gasteiger partial charge in [0.1, 0.15) is 5.57 Å². The average molecular weight is 389 g/mol. The summed E-state index contributed by atoms with van der Waals surface area (Å²) in [6.07, 6.45) is 0. The number of ether oxygens (including phenoxy) is 4. The molecule has 0 amide bonds. The minimum Gasteiger partial charge on any atom is -0.493 e. The lowest BCUT2D eigenvalue weighted by molar-refractivity contribution is -0.139. The molecule has 0 aliphatic carbocycles. The van der Waals surface area contributed by atoms with Crippen LogP contribution in [0.25, 0.3) is 0 Å². The number of rotatable bonds is 5. The van der Waals surface area contributed by atoms with Gasteiger partial charge in [-0.05, 0) is 24.6 Å². The van der Waals surface area contributed by atoms with Gasteiger partial charge < -0.3 is 24.7 Å². The van der Waals surface area contributed by atoms with Crippen LogP contribution in [0.2, 0.25) is 0 Å². The number of nitrogens with one attached hydrogen (secondary N) is 2. The average Bonchev–Trinajstić information content (AvgIpc) is 2.66. The van der Waals surface area contributed by atoms with Crippen molar-refractivity contribution < 1.29 is 23.7 Å². The Kier molecular flexibility index (Phi) is 5.12. The number of aromatic nitrogens is 2. The predicted molar refractivity (Wildman–Crippen MR) is 97.5 cm³/mol. The number of hydrogen-bond donors (Lipinski definition) is 3. The fraction of sp³-hybridized carbons (Fsp3) is 0.278. The van der Waals surface area contributed by atoms with Gasteiger partial charge in [-0.25, -0.2) is 9.59 Å². The number of nitrogens with two attached hydrogens (primary N) is 1. The maximum Gasteiger partial charge on any atom is 0.340 e. The van der Waals surface area contributed by atoms with Gasteiger partial charge in [0, 0.05) is 0 Å². The van der Waals surface area contributed by atoms with E-state index in [0.29, 0.717) is 17.1 Å². The maximum atomic E-state index is 12.6. The fourth-order valence-electron chi connectivity index (χ4n) is 3.06. The summed E-state index contributed by atoms with van der Waals surface area (Å²) >= 11 is 0. The van der Waals surface area contributed by atoms with E-state index in [0.717, 1.165) is 0 Å². The van der Waals surface area contributed by atoms with Crippen molar-refractivity contribution in [2.75, 3.05) is 20.8 Å². The van der Waals surface area contributed by atoms with Crippen molar-refractivity contribution in [1.29, 1.82) is 0 Å². The smallest absolute Gasteiger partial charge is 0.340 e. The molecule has 10 nitrogen and oxygen atoms in total. The first kappa shape index (κ1) is 19.1. The van der Waals surface area contributed by atoms with Crippen LogP contribution >= 0.6 is 0 Å². The third kappa shape index (κ3) is 3.20. The van der Waals surface area contributed by atoms with Gasteiger partial charge in [-0.15, -0.1) is 0 Å². The molecule has 0 saturated carbocycles. The molecule has 0 saturated heterocycles.